The molecule has 1 fully saturated rings. The maximum atomic E-state index is 6.05. The van der Waals surface area contributed by atoms with Gasteiger partial charge in [-0.1, -0.05) is 18.2 Å². The molecule has 0 atom stereocenters. The number of ether oxygens (including phenoxy) is 1. The average Bonchev–Trinajstić information content (AvgIpc) is 2.60. The van der Waals surface area contributed by atoms with Crippen LogP contribution in [0.4, 0.5) is 0 Å². The molecule has 0 radical (unpaired) electrons. The quantitative estimate of drug-likeness (QED) is 0.288. The molecule has 1 aromatic carbocycles. The van der Waals surface area contributed by atoms with Gasteiger partial charge in [-0.15, -0.1) is 24.0 Å². The monoisotopic (exact) mass is 463 g/mol. The maximum absolute atomic E-state index is 6.05. The first kappa shape index (κ1) is 21.4. The standard InChI is InChI=1S/C18H29N3OS.HI/c1-19-18(20-12-6-7-15-23-2)21-13-10-17(11-14-21)22-16-8-4-3-5-9-16;/h3-5,8-9,17H,6-7,10-15H2,1-2H3,(H,19,20);1H. The lowest BCUT2D eigenvalue weighted by Crippen LogP contribution is -2.47. The topological polar surface area (TPSA) is 36.9 Å². The highest BCUT2D eigenvalue weighted by atomic mass is 127. The Hall–Kier alpha value is -0.630. The van der Waals surface area contributed by atoms with E-state index < -0.39 is 0 Å². The van der Waals surface area contributed by atoms with Crippen molar-refractivity contribution in [1.82, 2.24) is 10.2 Å². The molecule has 2 rings (SSSR count). The van der Waals surface area contributed by atoms with Gasteiger partial charge in [0.1, 0.15) is 11.9 Å². The number of para-hydroxylation sites is 1. The highest BCUT2D eigenvalue weighted by molar-refractivity contribution is 14.0. The van der Waals surface area contributed by atoms with Crippen LogP contribution in [0.3, 0.4) is 0 Å². The van der Waals surface area contributed by atoms with Gasteiger partial charge in [0.25, 0.3) is 0 Å². The second kappa shape index (κ2) is 12.7. The van der Waals surface area contributed by atoms with Crippen LogP contribution in [-0.4, -0.2) is 55.7 Å². The van der Waals surface area contributed by atoms with Gasteiger partial charge in [-0.25, -0.2) is 0 Å². The molecule has 0 saturated carbocycles. The van der Waals surface area contributed by atoms with Crippen molar-refractivity contribution in [2.45, 2.75) is 31.8 Å². The van der Waals surface area contributed by atoms with Gasteiger partial charge in [-0.2, -0.15) is 11.8 Å². The van der Waals surface area contributed by atoms with Gasteiger partial charge in [0.2, 0.25) is 0 Å². The fraction of sp³-hybridized carbons (Fsp3) is 0.611. The number of nitrogens with zero attached hydrogens (tertiary/aromatic N) is 2. The van der Waals surface area contributed by atoms with Crippen molar-refractivity contribution in [3.8, 4) is 5.75 Å². The van der Waals surface area contributed by atoms with Crippen LogP contribution in [0.1, 0.15) is 25.7 Å². The summed E-state index contributed by atoms with van der Waals surface area (Å²) >= 11 is 1.91. The third-order valence-corrected chi connectivity index (χ3v) is 4.75. The number of thioether (sulfide) groups is 1. The molecule has 0 aliphatic carbocycles. The van der Waals surface area contributed by atoms with Gasteiger partial charge in [0, 0.05) is 39.5 Å². The Balaban J connectivity index is 0.00000288. The molecule has 24 heavy (non-hydrogen) atoms. The number of guanidine groups is 1. The number of hydrogen-bond donors (Lipinski definition) is 1. The zero-order chi connectivity index (χ0) is 16.3. The molecule has 1 saturated heterocycles. The van der Waals surface area contributed by atoms with Gasteiger partial charge in [-0.05, 0) is 37.0 Å². The van der Waals surface area contributed by atoms with Crippen LogP contribution in [0.2, 0.25) is 0 Å². The van der Waals surface area contributed by atoms with Crippen molar-refractivity contribution < 1.29 is 4.74 Å². The SMILES string of the molecule is CN=C(NCCCCSC)N1CCC(Oc2ccccc2)CC1.I. The summed E-state index contributed by atoms with van der Waals surface area (Å²) in [7, 11) is 1.87. The number of unbranched alkanes of at least 4 members (excludes halogenated alkanes) is 1. The third-order valence-electron chi connectivity index (χ3n) is 4.06. The third kappa shape index (κ3) is 7.51. The number of nitrogens with one attached hydrogen (secondary N) is 1. The summed E-state index contributed by atoms with van der Waals surface area (Å²) in [5.41, 5.74) is 0. The molecular formula is C18H30IN3OS. The second-order valence-electron chi connectivity index (χ2n) is 5.79. The normalized spacial score (nSPS) is 15.8. The zero-order valence-corrected chi connectivity index (χ0v) is 17.9. The van der Waals surface area contributed by atoms with E-state index in [1.807, 2.05) is 49.1 Å². The zero-order valence-electron chi connectivity index (χ0n) is 14.7. The average molecular weight is 463 g/mol. The lowest BCUT2D eigenvalue weighted by molar-refractivity contribution is 0.129. The van der Waals surface area contributed by atoms with Crippen LogP contribution < -0.4 is 10.1 Å². The van der Waals surface area contributed by atoms with Crippen LogP contribution in [0.15, 0.2) is 35.3 Å². The highest BCUT2D eigenvalue weighted by Crippen LogP contribution is 2.18. The van der Waals surface area contributed by atoms with Gasteiger partial charge in [-0.3, -0.25) is 4.99 Å². The van der Waals surface area contributed by atoms with Gasteiger partial charge >= 0.3 is 0 Å². The van der Waals surface area contributed by atoms with Crippen LogP contribution in [0.25, 0.3) is 0 Å². The summed E-state index contributed by atoms with van der Waals surface area (Å²) in [6.07, 6.45) is 7.03. The molecule has 1 heterocycles. The summed E-state index contributed by atoms with van der Waals surface area (Å²) in [4.78, 5) is 6.77. The Morgan fingerprint density at radius 2 is 1.96 bits per heavy atom. The number of aliphatic imine (C=N–C) groups is 1. The predicted octanol–water partition coefficient (Wildman–Crippen LogP) is 3.87. The molecule has 0 spiro atoms. The van der Waals surface area contributed by atoms with Crippen molar-refractivity contribution in [2.24, 2.45) is 4.99 Å². The number of likely N-dealkylation sites (tertiary alicyclic amines) is 1. The molecule has 0 amide bonds. The van der Waals surface area contributed by atoms with E-state index in [9.17, 15) is 0 Å². The summed E-state index contributed by atoms with van der Waals surface area (Å²) in [5.74, 6) is 3.25. The van der Waals surface area contributed by atoms with Crippen molar-refractivity contribution in [1.29, 1.82) is 0 Å². The number of piperidine rings is 1. The minimum atomic E-state index is 0. The summed E-state index contributed by atoms with van der Waals surface area (Å²) < 4.78 is 6.05. The van der Waals surface area contributed by atoms with Crippen LogP contribution in [0, 0.1) is 0 Å². The van der Waals surface area contributed by atoms with E-state index >= 15 is 0 Å². The number of benzene rings is 1. The molecule has 1 N–H and O–H groups in total. The predicted molar refractivity (Wildman–Crippen MR) is 116 cm³/mol. The van der Waals surface area contributed by atoms with Crippen LogP contribution in [-0.2, 0) is 0 Å². The largest absolute Gasteiger partial charge is 0.490 e. The summed E-state index contributed by atoms with van der Waals surface area (Å²) in [5, 5.41) is 3.49. The molecule has 6 heteroatoms. The van der Waals surface area contributed by atoms with E-state index in [2.05, 4.69) is 21.5 Å². The Kier molecular flexibility index (Phi) is 11.3. The Bertz CT molecular complexity index is 465. The van der Waals surface area contributed by atoms with Gasteiger partial charge in [0.15, 0.2) is 5.96 Å². The van der Waals surface area contributed by atoms with E-state index in [1.54, 1.807) is 0 Å². The van der Waals surface area contributed by atoms with Crippen molar-refractivity contribution in [2.75, 3.05) is 38.7 Å². The molecule has 0 bridgehead atoms. The van der Waals surface area contributed by atoms with Crippen molar-refractivity contribution in [3.05, 3.63) is 30.3 Å². The molecule has 1 aliphatic heterocycles. The first-order chi connectivity index (χ1) is 11.3. The van der Waals surface area contributed by atoms with E-state index in [0.29, 0.717) is 6.10 Å². The summed E-state index contributed by atoms with van der Waals surface area (Å²) in [6, 6.07) is 10.1. The number of halogens is 1. The van der Waals surface area contributed by atoms with E-state index in [4.69, 9.17) is 4.74 Å². The molecule has 0 aromatic heterocycles. The van der Waals surface area contributed by atoms with Crippen molar-refractivity contribution in [3.63, 3.8) is 0 Å². The van der Waals surface area contributed by atoms with Crippen molar-refractivity contribution >= 4 is 41.7 Å². The lowest BCUT2D eigenvalue weighted by Gasteiger charge is -2.34. The van der Waals surface area contributed by atoms with E-state index in [0.717, 1.165) is 44.2 Å². The number of hydrogen-bond acceptors (Lipinski definition) is 3. The van der Waals surface area contributed by atoms with Gasteiger partial charge in [0.05, 0.1) is 0 Å². The first-order valence-corrected chi connectivity index (χ1v) is 9.89. The summed E-state index contributed by atoms with van der Waals surface area (Å²) in [6.45, 7) is 3.01. The molecule has 136 valence electrons. The molecule has 4 nitrogen and oxygen atoms in total. The lowest BCUT2D eigenvalue weighted by atomic mass is 10.1. The second-order valence-corrected chi connectivity index (χ2v) is 6.78. The highest BCUT2D eigenvalue weighted by Gasteiger charge is 2.22. The molecule has 0 unspecified atom stereocenters. The molecule has 1 aromatic rings. The van der Waals surface area contributed by atoms with Crippen LogP contribution >= 0.6 is 35.7 Å². The molecular weight excluding hydrogens is 433 g/mol. The Morgan fingerprint density at radius 3 is 2.58 bits per heavy atom. The van der Waals surface area contributed by atoms with E-state index in [1.165, 1.54) is 18.6 Å². The number of rotatable bonds is 7. The minimum absolute atomic E-state index is 0. The fourth-order valence-electron chi connectivity index (χ4n) is 2.78. The molecule has 1 aliphatic rings. The first-order valence-electron chi connectivity index (χ1n) is 8.49. The van der Waals surface area contributed by atoms with Gasteiger partial charge < -0.3 is 15.0 Å². The van der Waals surface area contributed by atoms with Crippen LogP contribution in [0.5, 0.6) is 5.75 Å². The van der Waals surface area contributed by atoms with E-state index in [-0.39, 0.29) is 24.0 Å². The Labute approximate surface area is 167 Å². The smallest absolute Gasteiger partial charge is 0.193 e. The Morgan fingerprint density at radius 1 is 1.25 bits per heavy atom. The maximum Gasteiger partial charge on any atom is 0.193 e. The minimum Gasteiger partial charge on any atom is -0.490 e. The fourth-order valence-corrected chi connectivity index (χ4v) is 3.27.